The van der Waals surface area contributed by atoms with E-state index in [-0.39, 0.29) is 5.56 Å². The van der Waals surface area contributed by atoms with Crippen LogP contribution in [0.4, 0.5) is 5.69 Å². The molecule has 0 saturated carbocycles. The van der Waals surface area contributed by atoms with Gasteiger partial charge in [0.15, 0.2) is 4.80 Å². The SMILES string of the molecule is COC(=O)C1=C(C)N=c2sc(=Cc3ccc(N(C)C)cc3)c(=O)n2[C@@H]1c1ccccc1Cl. The zero-order valence-corrected chi connectivity index (χ0v) is 19.7. The fourth-order valence-electron chi connectivity index (χ4n) is 3.70. The lowest BCUT2D eigenvalue weighted by molar-refractivity contribution is -0.136. The molecule has 164 valence electrons. The molecule has 2 aromatic carbocycles. The molecular weight excluding hydrogens is 446 g/mol. The third-order valence-corrected chi connectivity index (χ3v) is 6.66. The van der Waals surface area contributed by atoms with Crippen LogP contribution in [0.2, 0.25) is 5.02 Å². The summed E-state index contributed by atoms with van der Waals surface area (Å²) in [5.41, 5.74) is 3.19. The molecule has 0 spiro atoms. The van der Waals surface area contributed by atoms with Crippen molar-refractivity contribution in [1.29, 1.82) is 0 Å². The van der Waals surface area contributed by atoms with Crippen molar-refractivity contribution < 1.29 is 9.53 Å². The Bertz CT molecular complexity index is 1400. The summed E-state index contributed by atoms with van der Waals surface area (Å²) in [5, 5.41) is 0.461. The van der Waals surface area contributed by atoms with Crippen molar-refractivity contribution in [2.45, 2.75) is 13.0 Å². The van der Waals surface area contributed by atoms with E-state index in [2.05, 4.69) is 4.99 Å². The first-order valence-electron chi connectivity index (χ1n) is 9.94. The number of allylic oxidation sites excluding steroid dienone is 1. The largest absolute Gasteiger partial charge is 0.466 e. The monoisotopic (exact) mass is 467 g/mol. The number of rotatable bonds is 4. The molecule has 0 saturated heterocycles. The second-order valence-electron chi connectivity index (χ2n) is 7.58. The smallest absolute Gasteiger partial charge is 0.338 e. The highest BCUT2D eigenvalue weighted by atomic mass is 35.5. The lowest BCUT2D eigenvalue weighted by Gasteiger charge is -2.25. The minimum Gasteiger partial charge on any atom is -0.466 e. The zero-order valence-electron chi connectivity index (χ0n) is 18.1. The Morgan fingerprint density at radius 1 is 1.19 bits per heavy atom. The molecule has 1 aliphatic rings. The van der Waals surface area contributed by atoms with Crippen LogP contribution in [0.1, 0.15) is 24.1 Å². The number of esters is 1. The molecule has 0 N–H and O–H groups in total. The number of thiazole rings is 1. The van der Waals surface area contributed by atoms with Crippen molar-refractivity contribution in [3.63, 3.8) is 0 Å². The zero-order chi connectivity index (χ0) is 23.0. The summed E-state index contributed by atoms with van der Waals surface area (Å²) in [5.74, 6) is -0.537. The van der Waals surface area contributed by atoms with E-state index in [1.165, 1.54) is 23.0 Å². The summed E-state index contributed by atoms with van der Waals surface area (Å²) < 4.78 is 7.07. The predicted molar refractivity (Wildman–Crippen MR) is 128 cm³/mol. The van der Waals surface area contributed by atoms with Gasteiger partial charge >= 0.3 is 5.97 Å². The van der Waals surface area contributed by atoms with Crippen LogP contribution in [0.15, 0.2) is 69.6 Å². The standard InChI is InChI=1S/C24H22ClN3O3S/c1-14-20(23(30)31-4)21(17-7-5-6-8-18(17)25)28-22(29)19(32-24(28)26-14)13-15-9-11-16(12-10-15)27(2)3/h5-13,21H,1-4H3/t21-/m1/s1. The molecule has 0 unspecified atom stereocenters. The van der Waals surface area contributed by atoms with Crippen LogP contribution in [-0.2, 0) is 9.53 Å². The van der Waals surface area contributed by atoms with E-state index in [4.69, 9.17) is 16.3 Å². The van der Waals surface area contributed by atoms with Crippen molar-refractivity contribution >= 4 is 40.7 Å². The fourth-order valence-corrected chi connectivity index (χ4v) is 4.99. The van der Waals surface area contributed by atoms with Gasteiger partial charge in [-0.3, -0.25) is 9.36 Å². The highest BCUT2D eigenvalue weighted by Crippen LogP contribution is 2.34. The van der Waals surface area contributed by atoms with Crippen LogP contribution in [0, 0.1) is 0 Å². The highest BCUT2D eigenvalue weighted by Gasteiger charge is 2.34. The van der Waals surface area contributed by atoms with Crippen LogP contribution in [0.3, 0.4) is 0 Å². The molecule has 6 nitrogen and oxygen atoms in total. The average molecular weight is 468 g/mol. The number of halogens is 1. The summed E-state index contributed by atoms with van der Waals surface area (Å²) in [6.07, 6.45) is 1.84. The number of nitrogens with zero attached hydrogens (tertiary/aromatic N) is 3. The Kier molecular flexibility index (Phi) is 6.04. The second kappa shape index (κ2) is 8.76. The van der Waals surface area contributed by atoms with Crippen LogP contribution in [0.5, 0.6) is 0 Å². The Hall–Kier alpha value is -3.16. The quantitative estimate of drug-likeness (QED) is 0.553. The van der Waals surface area contributed by atoms with Gasteiger partial charge < -0.3 is 9.64 Å². The number of fused-ring (bicyclic) bond motifs is 1. The van der Waals surface area contributed by atoms with Gasteiger partial charge in [-0.2, -0.15) is 0 Å². The lowest BCUT2D eigenvalue weighted by atomic mass is 9.96. The number of carbonyl (C=O) groups is 1. The Morgan fingerprint density at radius 2 is 1.88 bits per heavy atom. The maximum absolute atomic E-state index is 13.5. The molecule has 32 heavy (non-hydrogen) atoms. The van der Waals surface area contributed by atoms with Gasteiger partial charge in [0.2, 0.25) is 0 Å². The van der Waals surface area contributed by atoms with Crippen LogP contribution in [-0.4, -0.2) is 31.7 Å². The van der Waals surface area contributed by atoms with E-state index in [0.717, 1.165) is 11.3 Å². The molecule has 1 aliphatic heterocycles. The van der Waals surface area contributed by atoms with Crippen LogP contribution < -0.4 is 19.8 Å². The predicted octanol–water partition coefficient (Wildman–Crippen LogP) is 3.13. The molecule has 1 aromatic heterocycles. The van der Waals surface area contributed by atoms with Crippen molar-refractivity contribution in [3.05, 3.63) is 95.6 Å². The van der Waals surface area contributed by atoms with Gasteiger partial charge in [0.25, 0.3) is 5.56 Å². The number of aromatic nitrogens is 1. The Morgan fingerprint density at radius 3 is 2.50 bits per heavy atom. The number of methoxy groups -OCH3 is 1. The Balaban J connectivity index is 1.93. The summed E-state index contributed by atoms with van der Waals surface area (Å²) in [6.45, 7) is 1.74. The van der Waals surface area contributed by atoms with E-state index in [1.807, 2.05) is 61.5 Å². The molecule has 0 fully saturated rings. The topological polar surface area (TPSA) is 63.9 Å². The van der Waals surface area contributed by atoms with Crippen molar-refractivity contribution in [3.8, 4) is 0 Å². The molecule has 2 heterocycles. The van der Waals surface area contributed by atoms with E-state index in [0.29, 0.717) is 31.2 Å². The molecule has 4 rings (SSSR count). The van der Waals surface area contributed by atoms with Gasteiger partial charge in [-0.1, -0.05) is 53.3 Å². The third kappa shape index (κ3) is 3.89. The first-order chi connectivity index (χ1) is 15.3. The third-order valence-electron chi connectivity index (χ3n) is 5.33. The lowest BCUT2D eigenvalue weighted by Crippen LogP contribution is -2.39. The molecule has 0 radical (unpaired) electrons. The fraction of sp³-hybridized carbons (Fsp3) is 0.208. The molecule has 0 aliphatic carbocycles. The molecular formula is C24H22ClN3O3S. The maximum Gasteiger partial charge on any atom is 0.338 e. The van der Waals surface area contributed by atoms with Gasteiger partial charge in [-0.05, 0) is 42.3 Å². The van der Waals surface area contributed by atoms with Gasteiger partial charge in [0, 0.05) is 24.8 Å². The average Bonchev–Trinajstić information content (AvgIpc) is 3.07. The first-order valence-corrected chi connectivity index (χ1v) is 11.1. The van der Waals surface area contributed by atoms with Crippen molar-refractivity contribution in [1.82, 2.24) is 4.57 Å². The summed E-state index contributed by atoms with van der Waals surface area (Å²) in [7, 11) is 5.26. The van der Waals surface area contributed by atoms with Crippen LogP contribution in [0.25, 0.3) is 6.08 Å². The molecule has 3 aromatic rings. The molecule has 0 bridgehead atoms. The number of anilines is 1. The van der Waals surface area contributed by atoms with Gasteiger partial charge in [0.1, 0.15) is 6.04 Å². The van der Waals surface area contributed by atoms with Gasteiger partial charge in [-0.25, -0.2) is 9.79 Å². The first kappa shape index (κ1) is 22.0. The number of hydrogen-bond acceptors (Lipinski definition) is 6. The maximum atomic E-state index is 13.5. The summed E-state index contributed by atoms with van der Waals surface area (Å²) in [4.78, 5) is 33.3. The Labute approximate surface area is 194 Å². The van der Waals surface area contributed by atoms with Crippen molar-refractivity contribution in [2.24, 2.45) is 4.99 Å². The minimum absolute atomic E-state index is 0.232. The summed E-state index contributed by atoms with van der Waals surface area (Å²) in [6, 6.07) is 14.4. The van der Waals surface area contributed by atoms with Crippen LogP contribution >= 0.6 is 22.9 Å². The van der Waals surface area contributed by atoms with E-state index in [1.54, 1.807) is 19.1 Å². The van der Waals surface area contributed by atoms with Crippen molar-refractivity contribution in [2.75, 3.05) is 26.1 Å². The van der Waals surface area contributed by atoms with E-state index < -0.39 is 12.0 Å². The number of benzene rings is 2. The molecule has 0 amide bonds. The minimum atomic E-state index is -0.717. The normalized spacial score (nSPS) is 15.9. The van der Waals surface area contributed by atoms with Gasteiger partial charge in [-0.15, -0.1) is 0 Å². The molecule has 8 heteroatoms. The number of carbonyl (C=O) groups excluding carboxylic acids is 1. The highest BCUT2D eigenvalue weighted by molar-refractivity contribution is 7.07. The van der Waals surface area contributed by atoms with E-state index >= 15 is 0 Å². The number of ether oxygens (including phenoxy) is 1. The second-order valence-corrected chi connectivity index (χ2v) is 9.00. The van der Waals surface area contributed by atoms with E-state index in [9.17, 15) is 9.59 Å². The van der Waals surface area contributed by atoms with Gasteiger partial charge in [0.05, 0.1) is 22.9 Å². The summed E-state index contributed by atoms with van der Waals surface area (Å²) >= 11 is 7.77. The number of hydrogen-bond donors (Lipinski definition) is 0. The molecule has 1 atom stereocenters.